The van der Waals surface area contributed by atoms with Gasteiger partial charge in [0.15, 0.2) is 0 Å². The van der Waals surface area contributed by atoms with E-state index in [2.05, 4.69) is 9.97 Å². The summed E-state index contributed by atoms with van der Waals surface area (Å²) in [4.78, 5) is 22.4. The van der Waals surface area contributed by atoms with Crippen LogP contribution in [0.4, 0.5) is 0 Å². The van der Waals surface area contributed by atoms with Gasteiger partial charge in [-0.2, -0.15) is 0 Å². The van der Waals surface area contributed by atoms with Crippen molar-refractivity contribution in [2.24, 2.45) is 0 Å². The maximum Gasteiger partial charge on any atom is 0.254 e. The van der Waals surface area contributed by atoms with E-state index in [1.807, 2.05) is 17.0 Å². The van der Waals surface area contributed by atoms with Crippen LogP contribution in [-0.4, -0.2) is 47.1 Å². The molecule has 1 aliphatic rings. The molecule has 6 heteroatoms. The summed E-state index contributed by atoms with van der Waals surface area (Å²) in [5.74, 6) is 1.22. The molecule has 0 saturated carbocycles. The second-order valence-corrected chi connectivity index (χ2v) is 5.41. The number of hydrogen-bond donors (Lipinski definition) is 0. The van der Waals surface area contributed by atoms with Crippen molar-refractivity contribution in [2.75, 3.05) is 20.2 Å². The highest BCUT2D eigenvalue weighted by molar-refractivity contribution is 5.94. The quantitative estimate of drug-likeness (QED) is 0.865. The number of ether oxygens (including phenoxy) is 2. The fourth-order valence-corrected chi connectivity index (χ4v) is 2.68. The molecule has 0 aliphatic carbocycles. The number of methoxy groups -OCH3 is 1. The number of carbonyl (C=O) groups excluding carboxylic acids is 1. The Kier molecular flexibility index (Phi) is 4.71. The minimum Gasteiger partial charge on any atom is -0.497 e. The van der Waals surface area contributed by atoms with Crippen LogP contribution in [-0.2, 0) is 0 Å². The number of amides is 1. The van der Waals surface area contributed by atoms with Crippen LogP contribution in [0.1, 0.15) is 23.2 Å². The first-order valence-corrected chi connectivity index (χ1v) is 7.62. The van der Waals surface area contributed by atoms with E-state index in [9.17, 15) is 4.79 Å². The van der Waals surface area contributed by atoms with Crippen LogP contribution in [0.2, 0.25) is 0 Å². The third-order valence-corrected chi connectivity index (χ3v) is 3.82. The lowest BCUT2D eigenvalue weighted by atomic mass is 10.1. The van der Waals surface area contributed by atoms with Crippen LogP contribution < -0.4 is 9.47 Å². The molecule has 23 heavy (non-hydrogen) atoms. The summed E-state index contributed by atoms with van der Waals surface area (Å²) < 4.78 is 11.0. The zero-order valence-electron chi connectivity index (χ0n) is 13.0. The third-order valence-electron chi connectivity index (χ3n) is 3.82. The Morgan fingerprint density at radius 3 is 3.04 bits per heavy atom. The van der Waals surface area contributed by atoms with E-state index >= 15 is 0 Å². The largest absolute Gasteiger partial charge is 0.497 e. The molecule has 3 rings (SSSR count). The number of carbonyl (C=O) groups is 1. The Morgan fingerprint density at radius 2 is 2.26 bits per heavy atom. The van der Waals surface area contributed by atoms with Crippen molar-refractivity contribution < 1.29 is 14.3 Å². The minimum absolute atomic E-state index is 0.000104. The number of benzene rings is 1. The molecule has 1 amide bonds. The molecule has 1 aliphatic heterocycles. The summed E-state index contributed by atoms with van der Waals surface area (Å²) in [7, 11) is 1.59. The van der Waals surface area contributed by atoms with Gasteiger partial charge in [-0.05, 0) is 31.0 Å². The molecule has 1 atom stereocenters. The first-order valence-electron chi connectivity index (χ1n) is 7.62. The SMILES string of the molecule is COc1cccc(C(=O)N2CCCC(Oc3ccncn3)C2)c1. The summed E-state index contributed by atoms with van der Waals surface area (Å²) in [5, 5.41) is 0. The summed E-state index contributed by atoms with van der Waals surface area (Å²) >= 11 is 0. The van der Waals surface area contributed by atoms with Crippen molar-refractivity contribution in [3.8, 4) is 11.6 Å². The summed E-state index contributed by atoms with van der Waals surface area (Å²) in [5.41, 5.74) is 0.632. The van der Waals surface area contributed by atoms with Crippen LogP contribution in [0.3, 0.4) is 0 Å². The summed E-state index contributed by atoms with van der Waals surface area (Å²) in [6.07, 6.45) is 4.87. The van der Waals surface area contributed by atoms with Gasteiger partial charge in [0.2, 0.25) is 5.88 Å². The number of piperidine rings is 1. The highest BCUT2D eigenvalue weighted by atomic mass is 16.5. The molecule has 0 bridgehead atoms. The molecule has 0 spiro atoms. The monoisotopic (exact) mass is 313 g/mol. The van der Waals surface area contributed by atoms with E-state index in [4.69, 9.17) is 9.47 Å². The van der Waals surface area contributed by atoms with Crippen LogP contribution in [0.15, 0.2) is 42.9 Å². The first kappa shape index (κ1) is 15.3. The van der Waals surface area contributed by atoms with Gasteiger partial charge < -0.3 is 14.4 Å². The maximum absolute atomic E-state index is 12.7. The highest BCUT2D eigenvalue weighted by Crippen LogP contribution is 2.20. The molecule has 1 saturated heterocycles. The Bertz CT molecular complexity index is 663. The predicted octanol–water partition coefficient (Wildman–Crippen LogP) is 2.17. The van der Waals surface area contributed by atoms with E-state index in [1.54, 1.807) is 31.5 Å². The summed E-state index contributed by atoms with van der Waals surface area (Å²) in [6, 6.07) is 8.94. The molecule has 1 fully saturated rings. The zero-order chi connectivity index (χ0) is 16.1. The second-order valence-electron chi connectivity index (χ2n) is 5.41. The van der Waals surface area contributed by atoms with E-state index in [0.717, 1.165) is 19.4 Å². The van der Waals surface area contributed by atoms with Gasteiger partial charge in [-0.3, -0.25) is 4.79 Å². The molecule has 0 N–H and O–H groups in total. The third kappa shape index (κ3) is 3.77. The van der Waals surface area contributed by atoms with Crippen molar-refractivity contribution in [2.45, 2.75) is 18.9 Å². The van der Waals surface area contributed by atoms with E-state index in [0.29, 0.717) is 23.7 Å². The minimum atomic E-state index is -0.0480. The summed E-state index contributed by atoms with van der Waals surface area (Å²) in [6.45, 7) is 1.29. The van der Waals surface area contributed by atoms with Gasteiger partial charge in [0.05, 0.1) is 13.7 Å². The van der Waals surface area contributed by atoms with Crippen molar-refractivity contribution in [3.05, 3.63) is 48.4 Å². The van der Waals surface area contributed by atoms with Gasteiger partial charge >= 0.3 is 0 Å². The van der Waals surface area contributed by atoms with E-state index in [1.165, 1.54) is 6.33 Å². The van der Waals surface area contributed by atoms with Gasteiger partial charge in [0, 0.05) is 24.4 Å². The van der Waals surface area contributed by atoms with Crippen molar-refractivity contribution >= 4 is 5.91 Å². The molecule has 1 aromatic heterocycles. The molecule has 2 aromatic rings. The van der Waals surface area contributed by atoms with Crippen LogP contribution in [0.5, 0.6) is 11.6 Å². The lowest BCUT2D eigenvalue weighted by molar-refractivity contribution is 0.0527. The Morgan fingerprint density at radius 1 is 1.35 bits per heavy atom. The van der Waals surface area contributed by atoms with E-state index in [-0.39, 0.29) is 12.0 Å². The zero-order valence-corrected chi connectivity index (χ0v) is 13.0. The number of hydrogen-bond acceptors (Lipinski definition) is 5. The smallest absolute Gasteiger partial charge is 0.254 e. The molecule has 2 heterocycles. The van der Waals surface area contributed by atoms with Crippen LogP contribution in [0.25, 0.3) is 0 Å². The van der Waals surface area contributed by atoms with Crippen molar-refractivity contribution in [1.29, 1.82) is 0 Å². The standard InChI is InChI=1S/C17H19N3O3/c1-22-14-5-2-4-13(10-14)17(21)20-9-3-6-15(11-20)23-16-7-8-18-12-19-16/h2,4-5,7-8,10,12,15H,3,6,9,11H2,1H3. The average Bonchev–Trinajstić information content (AvgIpc) is 2.62. The van der Waals surface area contributed by atoms with Gasteiger partial charge in [-0.25, -0.2) is 9.97 Å². The van der Waals surface area contributed by atoms with Crippen LogP contribution >= 0.6 is 0 Å². The maximum atomic E-state index is 12.7. The van der Waals surface area contributed by atoms with Gasteiger partial charge in [-0.15, -0.1) is 0 Å². The lowest BCUT2D eigenvalue weighted by Gasteiger charge is -2.32. The number of aromatic nitrogens is 2. The molecule has 120 valence electrons. The van der Waals surface area contributed by atoms with Gasteiger partial charge in [0.25, 0.3) is 5.91 Å². The fraction of sp³-hybridized carbons (Fsp3) is 0.353. The molecule has 6 nitrogen and oxygen atoms in total. The molecule has 1 unspecified atom stereocenters. The van der Waals surface area contributed by atoms with Crippen molar-refractivity contribution in [3.63, 3.8) is 0 Å². The van der Waals surface area contributed by atoms with Gasteiger partial charge in [0.1, 0.15) is 18.2 Å². The topological polar surface area (TPSA) is 64.5 Å². The number of rotatable bonds is 4. The van der Waals surface area contributed by atoms with Gasteiger partial charge in [-0.1, -0.05) is 6.07 Å². The van der Waals surface area contributed by atoms with Crippen molar-refractivity contribution in [1.82, 2.24) is 14.9 Å². The van der Waals surface area contributed by atoms with E-state index < -0.39 is 0 Å². The molecular formula is C17H19N3O3. The number of likely N-dealkylation sites (tertiary alicyclic amines) is 1. The second kappa shape index (κ2) is 7.09. The van der Waals surface area contributed by atoms with Crippen LogP contribution in [0, 0.1) is 0 Å². The first-order chi connectivity index (χ1) is 11.3. The Labute approximate surface area is 135 Å². The fourth-order valence-electron chi connectivity index (χ4n) is 2.68. The molecule has 1 aromatic carbocycles. The average molecular weight is 313 g/mol. The lowest BCUT2D eigenvalue weighted by Crippen LogP contribution is -2.44. The highest BCUT2D eigenvalue weighted by Gasteiger charge is 2.26. The normalized spacial score (nSPS) is 17.6. The molecule has 0 radical (unpaired) electrons. The molecular weight excluding hydrogens is 294 g/mol. The number of nitrogens with zero attached hydrogens (tertiary/aromatic N) is 3. The Hall–Kier alpha value is -2.63. The predicted molar refractivity (Wildman–Crippen MR) is 84.6 cm³/mol. The Balaban J connectivity index is 1.66.